The Balaban J connectivity index is 2.20. The summed E-state index contributed by atoms with van der Waals surface area (Å²) in [5.41, 5.74) is -0.129. The van der Waals surface area contributed by atoms with Crippen LogP contribution in [-0.2, 0) is 9.53 Å². The van der Waals surface area contributed by atoms with Gasteiger partial charge in [0.1, 0.15) is 0 Å². The van der Waals surface area contributed by atoms with E-state index in [-0.39, 0.29) is 16.7 Å². The van der Waals surface area contributed by atoms with E-state index in [9.17, 15) is 4.79 Å². The van der Waals surface area contributed by atoms with Gasteiger partial charge in [-0.1, -0.05) is 13.8 Å². The van der Waals surface area contributed by atoms with Gasteiger partial charge in [-0.3, -0.25) is 4.79 Å². The average Bonchev–Trinajstić information content (AvgIpc) is 2.48. The van der Waals surface area contributed by atoms with Crippen molar-refractivity contribution < 1.29 is 14.6 Å². The van der Waals surface area contributed by atoms with Crippen LogP contribution in [-0.4, -0.2) is 24.3 Å². The second-order valence-corrected chi connectivity index (χ2v) is 4.81. The lowest BCUT2D eigenvalue weighted by molar-refractivity contribution is -0.140. The summed E-state index contributed by atoms with van der Waals surface area (Å²) in [5, 5.41) is 9.05. The van der Waals surface area contributed by atoms with Crippen LogP contribution < -0.4 is 0 Å². The first-order chi connectivity index (χ1) is 6.02. The number of rotatable bonds is 1. The molecule has 2 aliphatic rings. The Bertz CT molecular complexity index is 239. The highest BCUT2D eigenvalue weighted by molar-refractivity contribution is 5.77. The maximum atomic E-state index is 11.0. The van der Waals surface area contributed by atoms with Crippen molar-refractivity contribution >= 4 is 5.97 Å². The third kappa shape index (κ3) is 0.966. The molecule has 1 aliphatic heterocycles. The van der Waals surface area contributed by atoms with Gasteiger partial charge < -0.3 is 9.84 Å². The summed E-state index contributed by atoms with van der Waals surface area (Å²) in [6, 6.07) is 0. The number of carboxylic acid groups (broad SMARTS) is 1. The maximum Gasteiger partial charge on any atom is 0.307 e. The van der Waals surface area contributed by atoms with Crippen molar-refractivity contribution in [3.05, 3.63) is 0 Å². The number of ether oxygens (including phenoxy) is 1. The third-order valence-electron chi connectivity index (χ3n) is 3.99. The molecule has 1 aliphatic carbocycles. The quantitative estimate of drug-likeness (QED) is 0.672. The lowest BCUT2D eigenvalue weighted by Crippen LogP contribution is -2.24. The summed E-state index contributed by atoms with van der Waals surface area (Å²) in [6.07, 6.45) is 2.02. The lowest BCUT2D eigenvalue weighted by atomic mass is 9.90. The maximum absolute atomic E-state index is 11.0. The Kier molecular flexibility index (Phi) is 1.71. The van der Waals surface area contributed by atoms with E-state index in [0.29, 0.717) is 6.61 Å². The lowest BCUT2D eigenvalue weighted by Gasteiger charge is -2.25. The summed E-state index contributed by atoms with van der Waals surface area (Å²) in [6.45, 7) is 5.52. The van der Waals surface area contributed by atoms with Crippen LogP contribution in [0.2, 0.25) is 0 Å². The standard InChI is InChI=1S/C10H16O3/c1-9(2)7(8(11)12)10(9)4-3-5-13-6-10/h7H,3-6H2,1-2H3,(H,11,12). The van der Waals surface area contributed by atoms with Crippen molar-refractivity contribution in [2.24, 2.45) is 16.7 Å². The van der Waals surface area contributed by atoms with Crippen molar-refractivity contribution in [2.45, 2.75) is 26.7 Å². The van der Waals surface area contributed by atoms with Crippen LogP contribution in [0.4, 0.5) is 0 Å². The molecule has 3 nitrogen and oxygen atoms in total. The Morgan fingerprint density at radius 1 is 1.54 bits per heavy atom. The first-order valence-corrected chi connectivity index (χ1v) is 4.83. The molecule has 0 bridgehead atoms. The van der Waals surface area contributed by atoms with Crippen LogP contribution >= 0.6 is 0 Å². The highest BCUT2D eigenvalue weighted by atomic mass is 16.5. The second-order valence-electron chi connectivity index (χ2n) is 4.81. The highest BCUT2D eigenvalue weighted by Gasteiger charge is 2.74. The number of hydrogen-bond donors (Lipinski definition) is 1. The molecule has 0 radical (unpaired) electrons. The largest absolute Gasteiger partial charge is 0.481 e. The normalized spacial score (nSPS) is 41.8. The van der Waals surface area contributed by atoms with Crippen LogP contribution in [0.5, 0.6) is 0 Å². The predicted molar refractivity (Wildman–Crippen MR) is 47.4 cm³/mol. The Morgan fingerprint density at radius 3 is 2.62 bits per heavy atom. The molecule has 74 valence electrons. The van der Waals surface area contributed by atoms with Gasteiger partial charge in [0.2, 0.25) is 0 Å². The van der Waals surface area contributed by atoms with E-state index in [1.165, 1.54) is 0 Å². The first-order valence-electron chi connectivity index (χ1n) is 4.83. The van der Waals surface area contributed by atoms with E-state index in [2.05, 4.69) is 0 Å². The zero-order chi connectivity index (χ0) is 9.69. The van der Waals surface area contributed by atoms with Gasteiger partial charge in [0.25, 0.3) is 0 Å². The minimum atomic E-state index is -0.657. The molecule has 0 aromatic rings. The molecule has 2 rings (SSSR count). The minimum Gasteiger partial charge on any atom is -0.481 e. The molecule has 1 saturated heterocycles. The Hall–Kier alpha value is -0.570. The zero-order valence-electron chi connectivity index (χ0n) is 8.17. The van der Waals surface area contributed by atoms with Crippen molar-refractivity contribution in [1.29, 1.82) is 0 Å². The van der Waals surface area contributed by atoms with E-state index in [1.807, 2.05) is 13.8 Å². The van der Waals surface area contributed by atoms with Crippen LogP contribution in [0.1, 0.15) is 26.7 Å². The average molecular weight is 184 g/mol. The van der Waals surface area contributed by atoms with E-state index in [0.717, 1.165) is 19.4 Å². The van der Waals surface area contributed by atoms with Gasteiger partial charge in [0.05, 0.1) is 12.5 Å². The van der Waals surface area contributed by atoms with Gasteiger partial charge >= 0.3 is 5.97 Å². The van der Waals surface area contributed by atoms with Crippen LogP contribution in [0, 0.1) is 16.7 Å². The molecule has 0 aromatic heterocycles. The van der Waals surface area contributed by atoms with Gasteiger partial charge in [-0.05, 0) is 18.3 Å². The molecule has 0 amide bonds. The summed E-state index contributed by atoms with van der Waals surface area (Å²) >= 11 is 0. The molecule has 1 spiro atoms. The number of carboxylic acids is 1. The van der Waals surface area contributed by atoms with Gasteiger partial charge in [-0.25, -0.2) is 0 Å². The molecular formula is C10H16O3. The van der Waals surface area contributed by atoms with Crippen molar-refractivity contribution in [3.8, 4) is 0 Å². The molecule has 1 N–H and O–H groups in total. The minimum absolute atomic E-state index is 0.0584. The van der Waals surface area contributed by atoms with Gasteiger partial charge in [0.15, 0.2) is 0 Å². The van der Waals surface area contributed by atoms with E-state index in [4.69, 9.17) is 9.84 Å². The molecule has 0 aromatic carbocycles. The van der Waals surface area contributed by atoms with Crippen molar-refractivity contribution in [2.75, 3.05) is 13.2 Å². The third-order valence-corrected chi connectivity index (χ3v) is 3.99. The van der Waals surface area contributed by atoms with Crippen molar-refractivity contribution in [1.82, 2.24) is 0 Å². The molecule has 13 heavy (non-hydrogen) atoms. The summed E-state index contributed by atoms with van der Waals surface area (Å²) in [4.78, 5) is 11.0. The van der Waals surface area contributed by atoms with Gasteiger partial charge in [0, 0.05) is 12.0 Å². The highest BCUT2D eigenvalue weighted by Crippen LogP contribution is 2.71. The molecule has 2 atom stereocenters. The topological polar surface area (TPSA) is 46.5 Å². The summed E-state index contributed by atoms with van der Waals surface area (Å²) in [7, 11) is 0. The fraction of sp³-hybridized carbons (Fsp3) is 0.900. The van der Waals surface area contributed by atoms with Crippen LogP contribution in [0.3, 0.4) is 0 Å². The fourth-order valence-electron chi connectivity index (χ4n) is 3.04. The fourth-order valence-corrected chi connectivity index (χ4v) is 3.04. The molecule has 2 unspecified atom stereocenters. The molecule has 2 fully saturated rings. The Morgan fingerprint density at radius 2 is 2.23 bits per heavy atom. The summed E-state index contributed by atoms with van der Waals surface area (Å²) < 4.78 is 5.40. The Labute approximate surface area is 78.1 Å². The van der Waals surface area contributed by atoms with E-state index >= 15 is 0 Å². The first kappa shape index (κ1) is 9.00. The zero-order valence-corrected chi connectivity index (χ0v) is 8.17. The van der Waals surface area contributed by atoms with Crippen LogP contribution in [0.25, 0.3) is 0 Å². The monoisotopic (exact) mass is 184 g/mol. The van der Waals surface area contributed by atoms with Gasteiger partial charge in [-0.2, -0.15) is 0 Å². The van der Waals surface area contributed by atoms with E-state index in [1.54, 1.807) is 0 Å². The second kappa shape index (κ2) is 2.47. The molecule has 1 saturated carbocycles. The SMILES string of the molecule is CC1(C)C(C(=O)O)C12CCCOC2. The number of aliphatic carboxylic acids is 1. The number of carbonyl (C=O) groups is 1. The molecule has 3 heteroatoms. The van der Waals surface area contributed by atoms with E-state index < -0.39 is 5.97 Å². The van der Waals surface area contributed by atoms with Crippen molar-refractivity contribution in [3.63, 3.8) is 0 Å². The summed E-state index contributed by atoms with van der Waals surface area (Å²) in [5.74, 6) is -0.851. The van der Waals surface area contributed by atoms with Gasteiger partial charge in [-0.15, -0.1) is 0 Å². The molecular weight excluding hydrogens is 168 g/mol. The smallest absolute Gasteiger partial charge is 0.307 e. The van der Waals surface area contributed by atoms with Crippen LogP contribution in [0.15, 0.2) is 0 Å². The molecule has 1 heterocycles. The number of hydrogen-bond acceptors (Lipinski definition) is 2. The predicted octanol–water partition coefficient (Wildman–Crippen LogP) is 1.52.